The zero-order valence-electron chi connectivity index (χ0n) is 5.99. The van der Waals surface area contributed by atoms with E-state index in [2.05, 4.69) is 6.58 Å². The van der Waals surface area contributed by atoms with Crippen molar-refractivity contribution >= 4 is 11.9 Å². The van der Waals surface area contributed by atoms with Crippen LogP contribution in [0.5, 0.6) is 0 Å². The van der Waals surface area contributed by atoms with Crippen molar-refractivity contribution < 1.29 is 9.21 Å². The molecule has 0 spiro atoms. The van der Waals surface area contributed by atoms with Crippen LogP contribution in [0.4, 0.5) is 0 Å². The number of aldehydes is 1. The molecule has 0 fully saturated rings. The van der Waals surface area contributed by atoms with E-state index in [1.54, 1.807) is 24.3 Å². The lowest BCUT2D eigenvalue weighted by molar-refractivity contribution is -0.103. The Morgan fingerprint density at radius 1 is 1.64 bits per heavy atom. The predicted octanol–water partition coefficient (Wildman–Crippen LogP) is 2.05. The van der Waals surface area contributed by atoms with E-state index in [0.29, 0.717) is 11.3 Å². The van der Waals surface area contributed by atoms with E-state index in [0.717, 1.165) is 6.29 Å². The Balaban J connectivity index is 2.97. The van der Waals surface area contributed by atoms with Crippen LogP contribution in [-0.2, 0) is 4.79 Å². The first-order chi connectivity index (χ1) is 5.38. The summed E-state index contributed by atoms with van der Waals surface area (Å²) in [6.45, 7) is 3.48. The van der Waals surface area contributed by atoms with Gasteiger partial charge in [-0.05, 0) is 18.2 Å². The molecule has 0 aliphatic carbocycles. The van der Waals surface area contributed by atoms with Gasteiger partial charge < -0.3 is 4.42 Å². The highest BCUT2D eigenvalue weighted by Crippen LogP contribution is 2.11. The van der Waals surface area contributed by atoms with Crippen LogP contribution < -0.4 is 0 Å². The van der Waals surface area contributed by atoms with Crippen LogP contribution in [0.25, 0.3) is 5.57 Å². The maximum Gasteiger partial charge on any atom is 0.153 e. The van der Waals surface area contributed by atoms with Crippen molar-refractivity contribution in [1.29, 1.82) is 0 Å². The molecule has 1 aromatic rings. The lowest BCUT2D eigenvalue weighted by Crippen LogP contribution is -1.79. The lowest BCUT2D eigenvalue weighted by Gasteiger charge is -1.89. The molecule has 0 atom stereocenters. The number of hydrogen-bond acceptors (Lipinski definition) is 2. The van der Waals surface area contributed by atoms with Crippen LogP contribution in [0.15, 0.2) is 41.5 Å². The van der Waals surface area contributed by atoms with Crippen LogP contribution in [-0.4, -0.2) is 6.29 Å². The highest BCUT2D eigenvalue weighted by Gasteiger charge is 1.99. The van der Waals surface area contributed by atoms with Crippen molar-refractivity contribution in [2.24, 2.45) is 0 Å². The highest BCUT2D eigenvalue weighted by atomic mass is 16.3. The molecule has 1 rings (SSSR count). The fourth-order valence-corrected chi connectivity index (χ4v) is 0.749. The van der Waals surface area contributed by atoms with Crippen LogP contribution in [0.3, 0.4) is 0 Å². The normalized spacial score (nSPS) is 11.1. The summed E-state index contributed by atoms with van der Waals surface area (Å²) >= 11 is 0. The molecular formula is C9H8O2. The van der Waals surface area contributed by atoms with E-state index in [9.17, 15) is 4.79 Å². The minimum absolute atomic E-state index is 0.505. The number of carbonyl (C=O) groups excluding carboxylic acids is 1. The van der Waals surface area contributed by atoms with Crippen molar-refractivity contribution in [3.8, 4) is 0 Å². The molecule has 0 bridgehead atoms. The van der Waals surface area contributed by atoms with Gasteiger partial charge in [0.25, 0.3) is 0 Å². The van der Waals surface area contributed by atoms with Crippen molar-refractivity contribution in [3.05, 3.63) is 42.9 Å². The highest BCUT2D eigenvalue weighted by molar-refractivity contribution is 6.05. The maximum atomic E-state index is 10.4. The van der Waals surface area contributed by atoms with Crippen molar-refractivity contribution in [2.75, 3.05) is 0 Å². The minimum Gasteiger partial charge on any atom is -0.464 e. The number of rotatable bonds is 3. The van der Waals surface area contributed by atoms with Crippen LogP contribution in [0.2, 0.25) is 0 Å². The third-order valence-corrected chi connectivity index (χ3v) is 1.23. The monoisotopic (exact) mass is 148 g/mol. The van der Waals surface area contributed by atoms with Crippen LogP contribution in [0, 0.1) is 0 Å². The third kappa shape index (κ3) is 1.67. The molecule has 0 unspecified atom stereocenters. The largest absolute Gasteiger partial charge is 0.464 e. The first-order valence-electron chi connectivity index (χ1n) is 3.20. The molecule has 1 aromatic heterocycles. The Bertz CT molecular complexity index is 268. The van der Waals surface area contributed by atoms with Crippen molar-refractivity contribution in [2.45, 2.75) is 0 Å². The molecule has 0 aliphatic heterocycles. The van der Waals surface area contributed by atoms with Crippen LogP contribution >= 0.6 is 0 Å². The summed E-state index contributed by atoms with van der Waals surface area (Å²) in [5.74, 6) is 0.569. The average Bonchev–Trinajstić information content (AvgIpc) is 2.52. The smallest absolute Gasteiger partial charge is 0.153 e. The van der Waals surface area contributed by atoms with E-state index in [1.165, 1.54) is 6.26 Å². The van der Waals surface area contributed by atoms with Gasteiger partial charge in [0, 0.05) is 0 Å². The SMILES string of the molecule is C=C/C=C(\C=O)c1ccco1. The van der Waals surface area contributed by atoms with Crippen LogP contribution in [0.1, 0.15) is 5.76 Å². The molecule has 0 aliphatic rings. The molecular weight excluding hydrogens is 140 g/mol. The Morgan fingerprint density at radius 3 is 2.91 bits per heavy atom. The van der Waals surface area contributed by atoms with E-state index in [1.807, 2.05) is 0 Å². The summed E-state index contributed by atoms with van der Waals surface area (Å²) < 4.78 is 4.99. The summed E-state index contributed by atoms with van der Waals surface area (Å²) in [7, 11) is 0. The van der Waals surface area contributed by atoms with Gasteiger partial charge in [-0.3, -0.25) is 4.79 Å². The molecule has 0 saturated carbocycles. The van der Waals surface area contributed by atoms with Gasteiger partial charge in [-0.25, -0.2) is 0 Å². The van der Waals surface area contributed by atoms with E-state index < -0.39 is 0 Å². The molecule has 11 heavy (non-hydrogen) atoms. The van der Waals surface area contributed by atoms with Crippen molar-refractivity contribution in [1.82, 2.24) is 0 Å². The first-order valence-corrected chi connectivity index (χ1v) is 3.20. The molecule has 0 amide bonds. The minimum atomic E-state index is 0.505. The van der Waals surface area contributed by atoms with E-state index in [4.69, 9.17) is 4.42 Å². The van der Waals surface area contributed by atoms with Gasteiger partial charge in [0.1, 0.15) is 5.76 Å². The molecule has 2 heteroatoms. The zero-order valence-corrected chi connectivity index (χ0v) is 5.99. The topological polar surface area (TPSA) is 30.2 Å². The molecule has 2 nitrogen and oxygen atoms in total. The number of carbonyl (C=O) groups is 1. The zero-order chi connectivity index (χ0) is 8.10. The van der Waals surface area contributed by atoms with Gasteiger partial charge in [0.15, 0.2) is 6.29 Å². The summed E-state index contributed by atoms with van der Waals surface area (Å²) in [5.41, 5.74) is 0.505. The summed E-state index contributed by atoms with van der Waals surface area (Å²) in [5, 5.41) is 0. The number of allylic oxidation sites excluding steroid dienone is 3. The van der Waals surface area contributed by atoms with E-state index in [-0.39, 0.29) is 0 Å². The average molecular weight is 148 g/mol. The molecule has 0 N–H and O–H groups in total. The van der Waals surface area contributed by atoms with Crippen molar-refractivity contribution in [3.63, 3.8) is 0 Å². The maximum absolute atomic E-state index is 10.4. The molecule has 0 radical (unpaired) electrons. The number of furan rings is 1. The third-order valence-electron chi connectivity index (χ3n) is 1.23. The Kier molecular flexibility index (Phi) is 2.44. The molecule has 0 saturated heterocycles. The van der Waals surface area contributed by atoms with Gasteiger partial charge >= 0.3 is 0 Å². The van der Waals surface area contributed by atoms with Gasteiger partial charge in [-0.2, -0.15) is 0 Å². The lowest BCUT2D eigenvalue weighted by atomic mass is 10.2. The summed E-state index contributed by atoms with van der Waals surface area (Å²) in [4.78, 5) is 10.4. The first kappa shape index (κ1) is 7.54. The molecule has 0 aromatic carbocycles. The fraction of sp³-hybridized carbons (Fsp3) is 0. The van der Waals surface area contributed by atoms with E-state index >= 15 is 0 Å². The number of hydrogen-bond donors (Lipinski definition) is 0. The quantitative estimate of drug-likeness (QED) is 0.373. The van der Waals surface area contributed by atoms with Gasteiger partial charge in [0.05, 0.1) is 11.8 Å². The molecule has 1 heterocycles. The summed E-state index contributed by atoms with van der Waals surface area (Å²) in [6, 6.07) is 3.46. The standard InChI is InChI=1S/C9H8O2/c1-2-4-8(7-10)9-5-3-6-11-9/h2-7H,1H2/b8-4+. The Morgan fingerprint density at radius 2 is 2.45 bits per heavy atom. The Labute approximate surface area is 64.8 Å². The molecule has 56 valence electrons. The second-order valence-corrected chi connectivity index (χ2v) is 1.95. The predicted molar refractivity (Wildman–Crippen MR) is 42.9 cm³/mol. The Hall–Kier alpha value is -1.57. The van der Waals surface area contributed by atoms with Gasteiger partial charge in [-0.15, -0.1) is 0 Å². The summed E-state index contributed by atoms with van der Waals surface area (Å²) in [6.07, 6.45) is 5.41. The van der Waals surface area contributed by atoms with Gasteiger partial charge in [-0.1, -0.05) is 12.7 Å². The fourth-order valence-electron chi connectivity index (χ4n) is 0.749. The second-order valence-electron chi connectivity index (χ2n) is 1.95. The van der Waals surface area contributed by atoms with Gasteiger partial charge in [0.2, 0.25) is 0 Å². The second kappa shape index (κ2) is 3.56.